The highest BCUT2D eigenvalue weighted by molar-refractivity contribution is 6.30. The molecule has 0 bridgehead atoms. The lowest BCUT2D eigenvalue weighted by Gasteiger charge is -2.14. The number of hydrogen-bond donors (Lipinski definition) is 1. The van der Waals surface area contributed by atoms with Gasteiger partial charge in [0.1, 0.15) is 0 Å². The summed E-state index contributed by atoms with van der Waals surface area (Å²) in [5.74, 6) is -2.22. The van der Waals surface area contributed by atoms with Gasteiger partial charge in [-0.1, -0.05) is 11.6 Å². The number of carbonyl (C=O) groups excluding carboxylic acids is 1. The second-order valence-electron chi connectivity index (χ2n) is 6.45. The number of benzene rings is 2. The molecule has 29 heavy (non-hydrogen) atoms. The van der Waals surface area contributed by atoms with Gasteiger partial charge in [-0.3, -0.25) is 14.9 Å². The first-order valence-corrected chi connectivity index (χ1v) is 8.97. The van der Waals surface area contributed by atoms with E-state index in [1.54, 1.807) is 31.2 Å². The fourth-order valence-electron chi connectivity index (χ4n) is 2.93. The smallest absolute Gasteiger partial charge is 0.331 e. The molecule has 1 N–H and O–H groups in total. The van der Waals surface area contributed by atoms with E-state index in [1.165, 1.54) is 35.4 Å². The standard InChI is InChI=1S/C20H16ClN3O5/c1-12-18(19(25)23(22-12)16-8-4-15(21)5-9-16)11-14(20(26)27)10-13-2-6-17(7-3-13)24(28)29/h2-10,18H,11H2,1H3,(H,26,27). The van der Waals surface area contributed by atoms with Crippen LogP contribution in [0.4, 0.5) is 11.4 Å². The number of non-ortho nitro benzene ring substituents is 1. The van der Waals surface area contributed by atoms with Crippen LogP contribution in [0, 0.1) is 16.0 Å². The third kappa shape index (κ3) is 4.49. The van der Waals surface area contributed by atoms with Gasteiger partial charge in [-0.05, 0) is 61.4 Å². The van der Waals surface area contributed by atoms with Gasteiger partial charge >= 0.3 is 5.97 Å². The zero-order valence-electron chi connectivity index (χ0n) is 15.3. The number of nitro benzene ring substituents is 1. The van der Waals surface area contributed by atoms with Crippen LogP contribution >= 0.6 is 11.6 Å². The van der Waals surface area contributed by atoms with Crippen LogP contribution < -0.4 is 5.01 Å². The Morgan fingerprint density at radius 3 is 2.41 bits per heavy atom. The van der Waals surface area contributed by atoms with E-state index in [9.17, 15) is 24.8 Å². The number of carboxylic acids is 1. The maximum absolute atomic E-state index is 12.8. The molecule has 1 atom stereocenters. The topological polar surface area (TPSA) is 113 Å². The van der Waals surface area contributed by atoms with Crippen molar-refractivity contribution in [3.8, 4) is 0 Å². The summed E-state index contributed by atoms with van der Waals surface area (Å²) in [5.41, 5.74) is 1.44. The average Bonchev–Trinajstić information content (AvgIpc) is 2.96. The second-order valence-corrected chi connectivity index (χ2v) is 6.88. The monoisotopic (exact) mass is 413 g/mol. The Bertz CT molecular complexity index is 1030. The van der Waals surface area contributed by atoms with E-state index in [4.69, 9.17) is 11.6 Å². The molecule has 1 amide bonds. The molecule has 0 spiro atoms. The second kappa shape index (κ2) is 8.24. The molecule has 8 nitrogen and oxygen atoms in total. The number of anilines is 1. The molecule has 0 saturated heterocycles. The summed E-state index contributed by atoms with van der Waals surface area (Å²) in [6.45, 7) is 1.67. The van der Waals surface area contributed by atoms with Gasteiger partial charge in [0.15, 0.2) is 0 Å². The van der Waals surface area contributed by atoms with Crippen LogP contribution in [0.2, 0.25) is 5.02 Å². The van der Waals surface area contributed by atoms with Crippen molar-refractivity contribution in [1.29, 1.82) is 0 Å². The first-order chi connectivity index (χ1) is 13.8. The molecule has 1 aliphatic rings. The number of halogens is 1. The first kappa shape index (κ1) is 20.2. The third-order valence-corrected chi connectivity index (χ3v) is 4.74. The quantitative estimate of drug-likeness (QED) is 0.434. The molecular formula is C20H16ClN3O5. The van der Waals surface area contributed by atoms with Crippen LogP contribution in [0.3, 0.4) is 0 Å². The summed E-state index contributed by atoms with van der Waals surface area (Å²) in [5, 5.41) is 26.3. The van der Waals surface area contributed by atoms with Crippen molar-refractivity contribution in [2.24, 2.45) is 11.0 Å². The van der Waals surface area contributed by atoms with Crippen LogP contribution in [0.25, 0.3) is 6.08 Å². The molecule has 0 aliphatic carbocycles. The predicted molar refractivity (Wildman–Crippen MR) is 109 cm³/mol. The summed E-state index contributed by atoms with van der Waals surface area (Å²) >= 11 is 5.87. The number of nitro groups is 1. The fourth-order valence-corrected chi connectivity index (χ4v) is 3.05. The van der Waals surface area contributed by atoms with Crippen molar-refractivity contribution in [1.82, 2.24) is 0 Å². The normalized spacial score (nSPS) is 16.7. The molecule has 0 saturated carbocycles. The number of amides is 1. The van der Waals surface area contributed by atoms with Gasteiger partial charge in [-0.2, -0.15) is 5.10 Å². The van der Waals surface area contributed by atoms with E-state index in [0.717, 1.165) is 0 Å². The SMILES string of the molecule is CC1=NN(c2ccc(Cl)cc2)C(=O)C1CC(=Cc1ccc([N+](=O)[O-])cc1)C(=O)O. The van der Waals surface area contributed by atoms with Gasteiger partial charge in [-0.25, -0.2) is 9.80 Å². The highest BCUT2D eigenvalue weighted by atomic mass is 35.5. The highest BCUT2D eigenvalue weighted by Gasteiger charge is 2.35. The van der Waals surface area contributed by atoms with Gasteiger partial charge in [-0.15, -0.1) is 0 Å². The maximum Gasteiger partial charge on any atom is 0.331 e. The lowest BCUT2D eigenvalue weighted by atomic mass is 9.94. The van der Waals surface area contributed by atoms with Crippen molar-refractivity contribution in [2.45, 2.75) is 13.3 Å². The molecule has 2 aromatic rings. The summed E-state index contributed by atoms with van der Waals surface area (Å²) in [6, 6.07) is 12.1. The molecular weight excluding hydrogens is 398 g/mol. The minimum Gasteiger partial charge on any atom is -0.478 e. The van der Waals surface area contributed by atoms with Crippen molar-refractivity contribution in [2.75, 3.05) is 5.01 Å². The lowest BCUT2D eigenvalue weighted by Crippen LogP contribution is -2.28. The molecule has 2 aromatic carbocycles. The Hall–Kier alpha value is -3.52. The number of hydrogen-bond acceptors (Lipinski definition) is 5. The molecule has 3 rings (SSSR count). The Labute approximate surface area is 170 Å². The van der Waals surface area contributed by atoms with Crippen LogP contribution in [-0.2, 0) is 9.59 Å². The summed E-state index contributed by atoms with van der Waals surface area (Å²) < 4.78 is 0. The van der Waals surface area contributed by atoms with Gasteiger partial charge < -0.3 is 5.11 Å². The van der Waals surface area contributed by atoms with E-state index < -0.39 is 16.8 Å². The van der Waals surface area contributed by atoms with Gasteiger partial charge in [0.2, 0.25) is 0 Å². The van der Waals surface area contributed by atoms with Crippen molar-refractivity contribution in [3.63, 3.8) is 0 Å². The number of hydrazone groups is 1. The minimum atomic E-state index is -1.17. The summed E-state index contributed by atoms with van der Waals surface area (Å²) in [6.07, 6.45) is 1.35. The highest BCUT2D eigenvalue weighted by Crippen LogP contribution is 2.29. The predicted octanol–water partition coefficient (Wildman–Crippen LogP) is 4.15. The van der Waals surface area contributed by atoms with Crippen molar-refractivity contribution >= 4 is 46.6 Å². The Kier molecular flexibility index (Phi) is 5.74. The minimum absolute atomic E-state index is 0.00436. The molecule has 148 valence electrons. The number of carbonyl (C=O) groups is 2. The van der Waals surface area contributed by atoms with E-state index >= 15 is 0 Å². The van der Waals surface area contributed by atoms with Gasteiger partial charge in [0.05, 0.1) is 16.5 Å². The lowest BCUT2D eigenvalue weighted by molar-refractivity contribution is -0.384. The number of carboxylic acid groups (broad SMARTS) is 1. The Morgan fingerprint density at radius 2 is 1.86 bits per heavy atom. The zero-order chi connectivity index (χ0) is 21.1. The maximum atomic E-state index is 12.8. The molecule has 1 heterocycles. The van der Waals surface area contributed by atoms with Crippen LogP contribution in [0.5, 0.6) is 0 Å². The first-order valence-electron chi connectivity index (χ1n) is 8.59. The Morgan fingerprint density at radius 1 is 1.24 bits per heavy atom. The number of nitrogens with zero attached hydrogens (tertiary/aromatic N) is 3. The summed E-state index contributed by atoms with van der Waals surface area (Å²) in [7, 11) is 0. The average molecular weight is 414 g/mol. The van der Waals surface area contributed by atoms with Gasteiger partial charge in [0, 0.05) is 28.4 Å². The summed E-state index contributed by atoms with van der Waals surface area (Å²) in [4.78, 5) is 34.7. The van der Waals surface area contributed by atoms with Crippen LogP contribution in [-0.4, -0.2) is 27.6 Å². The van der Waals surface area contributed by atoms with Crippen molar-refractivity contribution < 1.29 is 19.6 Å². The molecule has 0 aromatic heterocycles. The van der Waals surface area contributed by atoms with E-state index in [1.807, 2.05) is 0 Å². The molecule has 1 aliphatic heterocycles. The molecule has 0 radical (unpaired) electrons. The molecule has 9 heteroatoms. The van der Waals surface area contributed by atoms with Gasteiger partial charge in [0.25, 0.3) is 11.6 Å². The van der Waals surface area contributed by atoms with Crippen molar-refractivity contribution in [3.05, 3.63) is 74.8 Å². The van der Waals surface area contributed by atoms with E-state index in [-0.39, 0.29) is 23.6 Å². The van der Waals surface area contributed by atoms with E-state index in [0.29, 0.717) is 22.0 Å². The molecule has 1 unspecified atom stereocenters. The largest absolute Gasteiger partial charge is 0.478 e. The number of rotatable bonds is 6. The third-order valence-electron chi connectivity index (χ3n) is 4.48. The van der Waals surface area contributed by atoms with E-state index in [2.05, 4.69) is 5.10 Å². The van der Waals surface area contributed by atoms with Crippen LogP contribution in [0.15, 0.2) is 59.2 Å². The number of aliphatic carboxylic acids is 1. The molecule has 0 fully saturated rings. The fraction of sp³-hybridized carbons (Fsp3) is 0.150. The zero-order valence-corrected chi connectivity index (χ0v) is 16.0. The van der Waals surface area contributed by atoms with Crippen LogP contribution in [0.1, 0.15) is 18.9 Å². The Balaban J connectivity index is 1.82.